The predicted octanol–water partition coefficient (Wildman–Crippen LogP) is 3.71. The summed E-state index contributed by atoms with van der Waals surface area (Å²) in [6.07, 6.45) is 2.28. The number of piperidine rings is 1. The van der Waals surface area contributed by atoms with Gasteiger partial charge in [-0.2, -0.15) is 0 Å². The molecule has 25 heavy (non-hydrogen) atoms. The summed E-state index contributed by atoms with van der Waals surface area (Å²) in [6, 6.07) is 8.18. The first kappa shape index (κ1) is 17.5. The summed E-state index contributed by atoms with van der Waals surface area (Å²) in [4.78, 5) is 4.36. The van der Waals surface area contributed by atoms with Gasteiger partial charge in [0.25, 0.3) is 5.88 Å². The van der Waals surface area contributed by atoms with Crippen LogP contribution in [0.15, 0.2) is 30.3 Å². The van der Waals surface area contributed by atoms with E-state index in [0.29, 0.717) is 24.0 Å². The molecule has 1 aliphatic rings. The average Bonchev–Trinajstić information content (AvgIpc) is 2.63. The molecule has 0 saturated carbocycles. The van der Waals surface area contributed by atoms with E-state index in [1.807, 2.05) is 13.0 Å². The number of pyridine rings is 1. The van der Waals surface area contributed by atoms with E-state index in [1.165, 1.54) is 13.2 Å². The summed E-state index contributed by atoms with van der Waals surface area (Å²) in [6.45, 7) is 4.42. The topological polar surface area (TPSA) is 52.6 Å². The van der Waals surface area contributed by atoms with E-state index < -0.39 is 5.82 Å². The van der Waals surface area contributed by atoms with Crippen molar-refractivity contribution in [1.29, 1.82) is 0 Å². The molecule has 1 aliphatic heterocycles. The van der Waals surface area contributed by atoms with E-state index >= 15 is 0 Å². The quantitative estimate of drug-likeness (QED) is 0.864. The van der Waals surface area contributed by atoms with Crippen LogP contribution in [-0.2, 0) is 0 Å². The number of nitrogens with one attached hydrogen (secondary N) is 1. The summed E-state index contributed by atoms with van der Waals surface area (Å²) in [5, 5.41) is 3.36. The zero-order valence-electron chi connectivity index (χ0n) is 14.5. The molecule has 1 aromatic carbocycles. The highest BCUT2D eigenvalue weighted by Gasteiger charge is 2.18. The van der Waals surface area contributed by atoms with Gasteiger partial charge >= 0.3 is 0 Å². The second-order valence-corrected chi connectivity index (χ2v) is 6.15. The van der Waals surface area contributed by atoms with Gasteiger partial charge in [0.1, 0.15) is 0 Å². The van der Waals surface area contributed by atoms with Crippen LogP contribution >= 0.6 is 0 Å². The number of para-hydroxylation sites is 1. The van der Waals surface area contributed by atoms with E-state index in [0.717, 1.165) is 31.6 Å². The smallest absolute Gasteiger partial charge is 0.262 e. The molecule has 1 atom stereocenters. The lowest BCUT2D eigenvalue weighted by molar-refractivity contribution is 0.210. The number of aromatic nitrogens is 1. The average molecular weight is 346 g/mol. The van der Waals surface area contributed by atoms with Gasteiger partial charge in [0.2, 0.25) is 5.75 Å². The third-order valence-corrected chi connectivity index (χ3v) is 4.19. The Morgan fingerprint density at radius 1 is 1.24 bits per heavy atom. The Bertz CT molecular complexity index is 718. The fraction of sp³-hybridized carbons (Fsp3) is 0.421. The molecule has 1 N–H and O–H groups in total. The Kier molecular flexibility index (Phi) is 5.71. The van der Waals surface area contributed by atoms with E-state index in [2.05, 4.69) is 10.3 Å². The molecule has 2 aromatic rings. The molecule has 3 rings (SSSR count). The monoisotopic (exact) mass is 346 g/mol. The minimum atomic E-state index is -0.509. The lowest BCUT2D eigenvalue weighted by Crippen LogP contribution is -2.33. The first-order chi connectivity index (χ1) is 12.2. The Morgan fingerprint density at radius 3 is 2.88 bits per heavy atom. The highest BCUT2D eigenvalue weighted by Crippen LogP contribution is 2.37. The molecule has 0 aliphatic carbocycles. The van der Waals surface area contributed by atoms with Gasteiger partial charge in [0.05, 0.1) is 13.7 Å². The Labute approximate surface area is 147 Å². The van der Waals surface area contributed by atoms with Crippen LogP contribution in [0, 0.1) is 18.7 Å². The molecule has 6 heteroatoms. The molecule has 2 heterocycles. The summed E-state index contributed by atoms with van der Waals surface area (Å²) in [5.41, 5.74) is 0.761. The van der Waals surface area contributed by atoms with Gasteiger partial charge < -0.3 is 19.5 Å². The Balaban J connectivity index is 1.79. The second kappa shape index (κ2) is 8.16. The van der Waals surface area contributed by atoms with E-state index in [1.54, 1.807) is 18.2 Å². The van der Waals surface area contributed by atoms with E-state index in [4.69, 9.17) is 14.2 Å². The number of hydrogen-bond acceptors (Lipinski definition) is 5. The van der Waals surface area contributed by atoms with Gasteiger partial charge in [-0.1, -0.05) is 6.07 Å². The minimum Gasteiger partial charge on any atom is -0.493 e. The van der Waals surface area contributed by atoms with Crippen molar-refractivity contribution in [3.8, 4) is 23.1 Å². The number of hydrogen-bond donors (Lipinski definition) is 1. The van der Waals surface area contributed by atoms with Crippen LogP contribution < -0.4 is 19.5 Å². The van der Waals surface area contributed by atoms with Gasteiger partial charge in [-0.05, 0) is 50.6 Å². The maximum atomic E-state index is 14.1. The molecule has 1 aromatic heterocycles. The standard InChI is InChI=1S/C19H23FN2O3/c1-13-8-9-17(24-12-14-5-4-10-21-11-14)19(22-13)25-18-15(20)6-3-7-16(18)23-2/h3,6-9,14,21H,4-5,10-12H2,1-2H3/t14-/m0/s1. The number of benzene rings is 1. The number of rotatable bonds is 6. The van der Waals surface area contributed by atoms with Crippen LogP contribution in [-0.4, -0.2) is 31.8 Å². The van der Waals surface area contributed by atoms with Gasteiger partial charge in [-0.15, -0.1) is 0 Å². The molecule has 0 spiro atoms. The van der Waals surface area contributed by atoms with Crippen molar-refractivity contribution in [2.75, 3.05) is 26.8 Å². The third kappa shape index (κ3) is 4.39. The fourth-order valence-corrected chi connectivity index (χ4v) is 2.82. The number of aryl methyl sites for hydroxylation is 1. The molecular formula is C19H23FN2O3. The van der Waals surface area contributed by atoms with Crippen molar-refractivity contribution in [2.45, 2.75) is 19.8 Å². The zero-order chi connectivity index (χ0) is 17.6. The van der Waals surface area contributed by atoms with Crippen molar-refractivity contribution >= 4 is 0 Å². The lowest BCUT2D eigenvalue weighted by Gasteiger charge is -2.23. The van der Waals surface area contributed by atoms with Crippen molar-refractivity contribution < 1.29 is 18.6 Å². The van der Waals surface area contributed by atoms with Crippen LogP contribution in [0.25, 0.3) is 0 Å². The van der Waals surface area contributed by atoms with E-state index in [-0.39, 0.29) is 11.6 Å². The molecule has 134 valence electrons. The minimum absolute atomic E-state index is 0.00674. The summed E-state index contributed by atoms with van der Waals surface area (Å²) in [7, 11) is 1.47. The van der Waals surface area contributed by atoms with E-state index in [9.17, 15) is 4.39 Å². The van der Waals surface area contributed by atoms with Crippen LogP contribution in [0.2, 0.25) is 0 Å². The summed E-state index contributed by atoms with van der Waals surface area (Å²) < 4.78 is 31.0. The molecule has 5 nitrogen and oxygen atoms in total. The fourth-order valence-electron chi connectivity index (χ4n) is 2.82. The van der Waals surface area contributed by atoms with Gasteiger partial charge in [-0.25, -0.2) is 9.37 Å². The van der Waals surface area contributed by atoms with Gasteiger partial charge in [-0.3, -0.25) is 0 Å². The SMILES string of the molecule is COc1cccc(F)c1Oc1nc(C)ccc1OC[C@H]1CCCNC1. The molecule has 0 unspecified atom stereocenters. The van der Waals surface area contributed by atoms with Crippen LogP contribution in [0.4, 0.5) is 4.39 Å². The molecule has 1 fully saturated rings. The lowest BCUT2D eigenvalue weighted by atomic mass is 10.0. The van der Waals surface area contributed by atoms with Gasteiger partial charge in [0.15, 0.2) is 17.3 Å². The number of methoxy groups -OCH3 is 1. The summed E-state index contributed by atoms with van der Waals surface area (Å²) >= 11 is 0. The molecule has 0 radical (unpaired) electrons. The molecule has 1 saturated heterocycles. The second-order valence-electron chi connectivity index (χ2n) is 6.15. The van der Waals surface area contributed by atoms with Crippen molar-refractivity contribution in [1.82, 2.24) is 10.3 Å². The van der Waals surface area contributed by atoms with Crippen molar-refractivity contribution in [2.24, 2.45) is 5.92 Å². The molecular weight excluding hydrogens is 323 g/mol. The zero-order valence-corrected chi connectivity index (χ0v) is 14.5. The number of nitrogens with zero attached hydrogens (tertiary/aromatic N) is 1. The first-order valence-corrected chi connectivity index (χ1v) is 8.49. The maximum absolute atomic E-state index is 14.1. The largest absolute Gasteiger partial charge is 0.493 e. The van der Waals surface area contributed by atoms with Gasteiger partial charge in [0, 0.05) is 18.2 Å². The maximum Gasteiger partial charge on any atom is 0.262 e. The number of ether oxygens (including phenoxy) is 3. The molecule has 0 bridgehead atoms. The molecule has 0 amide bonds. The van der Waals surface area contributed by atoms with Crippen molar-refractivity contribution in [3.63, 3.8) is 0 Å². The Hall–Kier alpha value is -2.34. The van der Waals surface area contributed by atoms with Crippen LogP contribution in [0.3, 0.4) is 0 Å². The van der Waals surface area contributed by atoms with Crippen LogP contribution in [0.5, 0.6) is 23.1 Å². The highest BCUT2D eigenvalue weighted by molar-refractivity contribution is 5.45. The normalized spacial score (nSPS) is 17.2. The summed E-state index contributed by atoms with van der Waals surface area (Å²) in [5.74, 6) is 1.00. The van der Waals surface area contributed by atoms with Crippen molar-refractivity contribution in [3.05, 3.63) is 41.8 Å². The van der Waals surface area contributed by atoms with Crippen LogP contribution in [0.1, 0.15) is 18.5 Å². The number of halogens is 1. The first-order valence-electron chi connectivity index (χ1n) is 8.49. The highest BCUT2D eigenvalue weighted by atomic mass is 19.1. The Morgan fingerprint density at radius 2 is 2.12 bits per heavy atom. The third-order valence-electron chi connectivity index (χ3n) is 4.19. The predicted molar refractivity (Wildman–Crippen MR) is 93.1 cm³/mol.